The lowest BCUT2D eigenvalue weighted by atomic mass is 10.1. The molecule has 1 aromatic rings. The summed E-state index contributed by atoms with van der Waals surface area (Å²) in [5.41, 5.74) is 7.18. The molecule has 2 nitrogen and oxygen atoms in total. The number of ether oxygens (including phenoxy) is 1. The minimum atomic E-state index is 0.152. The molecule has 2 N–H and O–H groups in total. The van der Waals surface area contributed by atoms with E-state index >= 15 is 0 Å². The van der Waals surface area contributed by atoms with Crippen LogP contribution in [0.25, 0.3) is 0 Å². The molecular formula is C11H16INO. The molecule has 0 aromatic heterocycles. The van der Waals surface area contributed by atoms with Crippen LogP contribution in [-0.4, -0.2) is 19.8 Å². The maximum Gasteiger partial charge on any atom is 0.0613 e. The number of hydrogen-bond donors (Lipinski definition) is 1. The van der Waals surface area contributed by atoms with E-state index in [2.05, 4.69) is 46.9 Å². The Kier molecular flexibility index (Phi) is 5.44. The van der Waals surface area contributed by atoms with Gasteiger partial charge in [-0.1, -0.05) is 12.1 Å². The highest BCUT2D eigenvalue weighted by Gasteiger charge is 2.01. The number of benzene rings is 1. The number of nitrogens with two attached hydrogens (primary N) is 1. The molecular weight excluding hydrogens is 289 g/mol. The van der Waals surface area contributed by atoms with Crippen LogP contribution in [0.5, 0.6) is 0 Å². The Labute approximate surface area is 99.0 Å². The van der Waals surface area contributed by atoms with Gasteiger partial charge in [0.1, 0.15) is 0 Å². The molecule has 0 radical (unpaired) electrons. The summed E-state index contributed by atoms with van der Waals surface area (Å²) in [5, 5.41) is 0. The molecule has 1 aromatic carbocycles. The Balaban J connectivity index is 2.34. The van der Waals surface area contributed by atoms with Gasteiger partial charge in [-0.25, -0.2) is 0 Å². The van der Waals surface area contributed by atoms with E-state index in [4.69, 9.17) is 10.5 Å². The second-order valence-electron chi connectivity index (χ2n) is 3.38. The zero-order valence-corrected chi connectivity index (χ0v) is 10.5. The molecule has 0 aliphatic rings. The quantitative estimate of drug-likeness (QED) is 0.847. The second kappa shape index (κ2) is 6.37. The summed E-state index contributed by atoms with van der Waals surface area (Å²) >= 11 is 2.31. The summed E-state index contributed by atoms with van der Waals surface area (Å²) in [7, 11) is 1.69. The third kappa shape index (κ3) is 4.39. The van der Waals surface area contributed by atoms with Gasteiger partial charge < -0.3 is 10.5 Å². The molecule has 0 heterocycles. The minimum Gasteiger partial charge on any atom is -0.383 e. The summed E-state index contributed by atoms with van der Waals surface area (Å²) in [5.74, 6) is 0. The van der Waals surface area contributed by atoms with Crippen LogP contribution in [0, 0.1) is 3.57 Å². The van der Waals surface area contributed by atoms with Gasteiger partial charge in [0, 0.05) is 16.7 Å². The number of hydrogen-bond acceptors (Lipinski definition) is 2. The van der Waals surface area contributed by atoms with Crippen LogP contribution in [0.2, 0.25) is 0 Å². The van der Waals surface area contributed by atoms with E-state index in [1.807, 2.05) is 0 Å². The molecule has 78 valence electrons. The predicted octanol–water partition coefficient (Wildman–Crippen LogP) is 2.20. The first-order valence-corrected chi connectivity index (χ1v) is 5.79. The van der Waals surface area contributed by atoms with E-state index < -0.39 is 0 Å². The molecule has 1 atom stereocenters. The lowest BCUT2D eigenvalue weighted by molar-refractivity contribution is 0.177. The van der Waals surface area contributed by atoms with Gasteiger partial charge in [-0.3, -0.25) is 0 Å². The van der Waals surface area contributed by atoms with Gasteiger partial charge in [0.2, 0.25) is 0 Å². The highest BCUT2D eigenvalue weighted by atomic mass is 127. The van der Waals surface area contributed by atoms with Gasteiger partial charge in [0.05, 0.1) is 6.61 Å². The molecule has 0 saturated carbocycles. The summed E-state index contributed by atoms with van der Waals surface area (Å²) in [6.07, 6.45) is 2.01. The summed E-state index contributed by atoms with van der Waals surface area (Å²) in [6.45, 7) is 0.643. The van der Waals surface area contributed by atoms with E-state index in [1.165, 1.54) is 9.13 Å². The summed E-state index contributed by atoms with van der Waals surface area (Å²) in [4.78, 5) is 0. The van der Waals surface area contributed by atoms with E-state index in [0.717, 1.165) is 12.8 Å². The highest BCUT2D eigenvalue weighted by Crippen LogP contribution is 2.09. The zero-order chi connectivity index (χ0) is 10.4. The molecule has 1 rings (SSSR count). The van der Waals surface area contributed by atoms with Crippen molar-refractivity contribution in [1.29, 1.82) is 0 Å². The molecule has 0 saturated heterocycles. The standard InChI is InChI=1S/C11H16INO/c1-14-8-11(13)7-4-9-2-5-10(12)6-3-9/h2-3,5-6,11H,4,7-8,13H2,1H3. The van der Waals surface area contributed by atoms with Gasteiger partial charge in [0.15, 0.2) is 0 Å². The Morgan fingerprint density at radius 1 is 1.36 bits per heavy atom. The van der Waals surface area contributed by atoms with Crippen LogP contribution in [0.4, 0.5) is 0 Å². The fourth-order valence-corrected chi connectivity index (χ4v) is 1.66. The monoisotopic (exact) mass is 305 g/mol. The van der Waals surface area contributed by atoms with Crippen molar-refractivity contribution in [3.05, 3.63) is 33.4 Å². The van der Waals surface area contributed by atoms with E-state index in [0.29, 0.717) is 6.61 Å². The lowest BCUT2D eigenvalue weighted by Crippen LogP contribution is -2.26. The van der Waals surface area contributed by atoms with Crippen molar-refractivity contribution >= 4 is 22.6 Å². The Hall–Kier alpha value is -0.130. The van der Waals surface area contributed by atoms with Crippen molar-refractivity contribution < 1.29 is 4.74 Å². The normalized spacial score (nSPS) is 12.8. The number of rotatable bonds is 5. The molecule has 0 aliphatic carbocycles. The predicted molar refractivity (Wildman–Crippen MR) is 67.3 cm³/mol. The Bertz CT molecular complexity index is 260. The van der Waals surface area contributed by atoms with Crippen LogP contribution in [0.15, 0.2) is 24.3 Å². The first kappa shape index (κ1) is 11.9. The largest absolute Gasteiger partial charge is 0.383 e. The molecule has 0 bridgehead atoms. The maximum absolute atomic E-state index is 5.84. The molecule has 0 amide bonds. The summed E-state index contributed by atoms with van der Waals surface area (Å²) < 4.78 is 6.26. The number of aryl methyl sites for hydroxylation is 1. The van der Waals surface area contributed by atoms with Crippen LogP contribution in [-0.2, 0) is 11.2 Å². The third-order valence-electron chi connectivity index (χ3n) is 2.10. The molecule has 0 fully saturated rings. The molecule has 14 heavy (non-hydrogen) atoms. The fraction of sp³-hybridized carbons (Fsp3) is 0.455. The van der Waals surface area contributed by atoms with E-state index in [9.17, 15) is 0 Å². The smallest absolute Gasteiger partial charge is 0.0613 e. The summed E-state index contributed by atoms with van der Waals surface area (Å²) in [6, 6.07) is 8.71. The zero-order valence-electron chi connectivity index (χ0n) is 8.37. The number of methoxy groups -OCH3 is 1. The van der Waals surface area contributed by atoms with Crippen LogP contribution < -0.4 is 5.73 Å². The first-order valence-electron chi connectivity index (χ1n) is 4.71. The SMILES string of the molecule is COCC(N)CCc1ccc(I)cc1. The van der Waals surface area contributed by atoms with Crippen molar-refractivity contribution in [2.45, 2.75) is 18.9 Å². The molecule has 3 heteroatoms. The average Bonchev–Trinajstić information content (AvgIpc) is 2.17. The Morgan fingerprint density at radius 2 is 2.00 bits per heavy atom. The van der Waals surface area contributed by atoms with Crippen molar-refractivity contribution in [3.8, 4) is 0 Å². The van der Waals surface area contributed by atoms with Crippen LogP contribution in [0.1, 0.15) is 12.0 Å². The van der Waals surface area contributed by atoms with Crippen LogP contribution >= 0.6 is 22.6 Å². The molecule has 0 spiro atoms. The van der Waals surface area contributed by atoms with Crippen molar-refractivity contribution in [3.63, 3.8) is 0 Å². The Morgan fingerprint density at radius 3 is 2.57 bits per heavy atom. The van der Waals surface area contributed by atoms with Gasteiger partial charge in [-0.05, 0) is 53.1 Å². The second-order valence-corrected chi connectivity index (χ2v) is 4.63. The molecule has 1 unspecified atom stereocenters. The number of halogens is 1. The van der Waals surface area contributed by atoms with Gasteiger partial charge in [-0.15, -0.1) is 0 Å². The lowest BCUT2D eigenvalue weighted by Gasteiger charge is -2.09. The van der Waals surface area contributed by atoms with Gasteiger partial charge >= 0.3 is 0 Å². The maximum atomic E-state index is 5.84. The highest BCUT2D eigenvalue weighted by molar-refractivity contribution is 14.1. The van der Waals surface area contributed by atoms with Gasteiger partial charge in [0.25, 0.3) is 0 Å². The molecule has 0 aliphatic heterocycles. The fourth-order valence-electron chi connectivity index (χ4n) is 1.30. The first-order chi connectivity index (χ1) is 6.72. The third-order valence-corrected chi connectivity index (χ3v) is 2.82. The topological polar surface area (TPSA) is 35.2 Å². The van der Waals surface area contributed by atoms with Crippen molar-refractivity contribution in [2.75, 3.05) is 13.7 Å². The van der Waals surface area contributed by atoms with Crippen molar-refractivity contribution in [1.82, 2.24) is 0 Å². The van der Waals surface area contributed by atoms with Crippen molar-refractivity contribution in [2.24, 2.45) is 5.73 Å². The van der Waals surface area contributed by atoms with Crippen LogP contribution in [0.3, 0.4) is 0 Å². The average molecular weight is 305 g/mol. The van der Waals surface area contributed by atoms with E-state index in [-0.39, 0.29) is 6.04 Å². The minimum absolute atomic E-state index is 0.152. The van der Waals surface area contributed by atoms with E-state index in [1.54, 1.807) is 7.11 Å². The van der Waals surface area contributed by atoms with Gasteiger partial charge in [-0.2, -0.15) is 0 Å².